The third-order valence-electron chi connectivity index (χ3n) is 2.99. The normalized spacial score (nSPS) is 13.9. The molecule has 0 unspecified atom stereocenters. The molecule has 0 aromatic carbocycles. The maximum Gasteiger partial charge on any atom is 0.263 e. The van der Waals surface area contributed by atoms with E-state index in [1.807, 2.05) is 20.0 Å². The lowest BCUT2D eigenvalue weighted by Gasteiger charge is -2.15. The van der Waals surface area contributed by atoms with Crippen molar-refractivity contribution in [3.8, 4) is 11.8 Å². The van der Waals surface area contributed by atoms with Gasteiger partial charge in [0.05, 0.1) is 9.75 Å². The van der Waals surface area contributed by atoms with Crippen molar-refractivity contribution >= 4 is 17.2 Å². The first kappa shape index (κ1) is 13.1. The molecule has 96 valence electrons. The van der Waals surface area contributed by atoms with E-state index < -0.39 is 0 Å². The number of hydrogen-bond donors (Lipinski definition) is 1. The van der Waals surface area contributed by atoms with Gasteiger partial charge in [-0.2, -0.15) is 0 Å². The van der Waals surface area contributed by atoms with Crippen LogP contribution in [0.5, 0.6) is 0 Å². The first-order valence-corrected chi connectivity index (χ1v) is 6.89. The summed E-state index contributed by atoms with van der Waals surface area (Å²) in [5.41, 5.74) is 1.00. The molecule has 1 fully saturated rings. The van der Waals surface area contributed by atoms with Gasteiger partial charge in [0.15, 0.2) is 0 Å². The minimum atomic E-state index is -0.151. The summed E-state index contributed by atoms with van der Waals surface area (Å²) >= 11 is 1.41. The van der Waals surface area contributed by atoms with Crippen LogP contribution in [0, 0.1) is 24.7 Å². The highest BCUT2D eigenvalue weighted by molar-refractivity contribution is 7.14. The van der Waals surface area contributed by atoms with Gasteiger partial charge in [-0.25, -0.2) is 0 Å². The monoisotopic (exact) mass is 263 g/mol. The zero-order chi connectivity index (χ0) is 13.1. The summed E-state index contributed by atoms with van der Waals surface area (Å²) in [6.45, 7) is 2.64. The van der Waals surface area contributed by atoms with E-state index >= 15 is 0 Å². The second-order valence-electron chi connectivity index (χ2n) is 4.71. The Balaban J connectivity index is 2.09. The third kappa shape index (κ3) is 3.12. The topological polar surface area (TPSA) is 40.5 Å². The van der Waals surface area contributed by atoms with Gasteiger partial charge >= 0.3 is 0 Å². The van der Waals surface area contributed by atoms with E-state index in [0.717, 1.165) is 21.9 Å². The van der Waals surface area contributed by atoms with E-state index in [0.29, 0.717) is 5.92 Å². The number of aliphatic hydroxyl groups excluding tert-OH is 1. The van der Waals surface area contributed by atoms with E-state index in [1.54, 1.807) is 4.90 Å². The van der Waals surface area contributed by atoms with Crippen LogP contribution in [-0.2, 0) is 0 Å². The van der Waals surface area contributed by atoms with Crippen LogP contribution in [0.3, 0.4) is 0 Å². The first-order valence-electron chi connectivity index (χ1n) is 6.07. The van der Waals surface area contributed by atoms with Crippen molar-refractivity contribution in [2.24, 2.45) is 5.92 Å². The number of carbonyl (C=O) groups excluding carboxylic acids is 1. The molecule has 18 heavy (non-hydrogen) atoms. The van der Waals surface area contributed by atoms with Crippen LogP contribution < -0.4 is 0 Å². The molecule has 1 aliphatic carbocycles. The SMILES string of the molecule is Cc1cc(C(=O)N(C)CC2CC2)sc1C#CCO. The van der Waals surface area contributed by atoms with Gasteiger partial charge in [-0.05, 0) is 37.3 Å². The van der Waals surface area contributed by atoms with Crippen LogP contribution in [0.2, 0.25) is 0 Å². The molecule has 0 radical (unpaired) electrons. The molecular formula is C14H17NO2S. The lowest BCUT2D eigenvalue weighted by molar-refractivity contribution is 0.0793. The molecule has 4 heteroatoms. The number of carbonyl (C=O) groups is 1. The van der Waals surface area contributed by atoms with Gasteiger partial charge in [0.2, 0.25) is 0 Å². The Morgan fingerprint density at radius 2 is 2.33 bits per heavy atom. The fourth-order valence-corrected chi connectivity index (χ4v) is 2.83. The fraction of sp³-hybridized carbons (Fsp3) is 0.500. The summed E-state index contributed by atoms with van der Waals surface area (Å²) in [7, 11) is 1.86. The lowest BCUT2D eigenvalue weighted by Crippen LogP contribution is -2.27. The van der Waals surface area contributed by atoms with Crippen LogP contribution in [0.1, 0.15) is 33.0 Å². The van der Waals surface area contributed by atoms with Gasteiger partial charge in [0.25, 0.3) is 5.91 Å². The summed E-state index contributed by atoms with van der Waals surface area (Å²) in [6.07, 6.45) is 2.49. The average Bonchev–Trinajstić information content (AvgIpc) is 3.08. The summed E-state index contributed by atoms with van der Waals surface area (Å²) in [6, 6.07) is 1.89. The van der Waals surface area contributed by atoms with Gasteiger partial charge in [0, 0.05) is 13.6 Å². The van der Waals surface area contributed by atoms with Crippen LogP contribution in [0.25, 0.3) is 0 Å². The maximum atomic E-state index is 12.2. The molecule has 0 saturated heterocycles. The predicted octanol–water partition coefficient (Wildman–Crippen LogP) is 1.88. The van der Waals surface area contributed by atoms with Crippen LogP contribution in [0.4, 0.5) is 0 Å². The standard InChI is InChI=1S/C14H17NO2S/c1-10-8-13(18-12(10)4-3-7-16)14(17)15(2)9-11-5-6-11/h8,11,16H,5-7,9H2,1-2H3. The Morgan fingerprint density at radius 1 is 1.61 bits per heavy atom. The van der Waals surface area contributed by atoms with Crippen molar-refractivity contribution < 1.29 is 9.90 Å². The van der Waals surface area contributed by atoms with E-state index in [2.05, 4.69) is 11.8 Å². The number of amides is 1. The van der Waals surface area contributed by atoms with E-state index in [-0.39, 0.29) is 12.5 Å². The molecule has 1 aromatic heterocycles. The van der Waals surface area contributed by atoms with Gasteiger partial charge in [0.1, 0.15) is 6.61 Å². The molecule has 1 saturated carbocycles. The molecule has 2 rings (SSSR count). The number of aliphatic hydroxyl groups is 1. The highest BCUT2D eigenvalue weighted by Gasteiger charge is 2.26. The van der Waals surface area contributed by atoms with Gasteiger partial charge in [-0.3, -0.25) is 4.79 Å². The smallest absolute Gasteiger partial charge is 0.263 e. The molecule has 1 N–H and O–H groups in total. The zero-order valence-electron chi connectivity index (χ0n) is 10.7. The second-order valence-corrected chi connectivity index (χ2v) is 5.76. The number of hydrogen-bond acceptors (Lipinski definition) is 3. The van der Waals surface area contributed by atoms with Crippen molar-refractivity contribution in [2.75, 3.05) is 20.2 Å². The Hall–Kier alpha value is -1.31. The molecule has 1 aromatic rings. The summed E-state index contributed by atoms with van der Waals surface area (Å²) in [4.78, 5) is 15.6. The number of thiophene rings is 1. The fourth-order valence-electron chi connectivity index (χ4n) is 1.79. The molecule has 0 bridgehead atoms. The van der Waals surface area contributed by atoms with Crippen LogP contribution in [0.15, 0.2) is 6.07 Å². The van der Waals surface area contributed by atoms with Crippen molar-refractivity contribution in [3.05, 3.63) is 21.4 Å². The third-order valence-corrected chi connectivity index (χ3v) is 4.13. The summed E-state index contributed by atoms with van der Waals surface area (Å²) in [5.74, 6) is 6.28. The first-order chi connectivity index (χ1) is 8.61. The van der Waals surface area contributed by atoms with Crippen molar-refractivity contribution in [1.29, 1.82) is 0 Å². The van der Waals surface area contributed by atoms with Crippen LogP contribution in [-0.4, -0.2) is 36.1 Å². The number of rotatable bonds is 3. The van der Waals surface area contributed by atoms with Crippen molar-refractivity contribution in [2.45, 2.75) is 19.8 Å². The largest absolute Gasteiger partial charge is 0.384 e. The van der Waals surface area contributed by atoms with E-state index in [4.69, 9.17) is 5.11 Å². The zero-order valence-corrected chi connectivity index (χ0v) is 11.5. The van der Waals surface area contributed by atoms with E-state index in [9.17, 15) is 4.79 Å². The Bertz CT molecular complexity index is 506. The minimum Gasteiger partial charge on any atom is -0.384 e. The molecular weight excluding hydrogens is 246 g/mol. The average molecular weight is 263 g/mol. The minimum absolute atomic E-state index is 0.0760. The Morgan fingerprint density at radius 3 is 2.94 bits per heavy atom. The maximum absolute atomic E-state index is 12.2. The number of nitrogens with zero attached hydrogens (tertiary/aromatic N) is 1. The summed E-state index contributed by atoms with van der Waals surface area (Å²) in [5, 5.41) is 8.68. The molecule has 1 amide bonds. The molecule has 3 nitrogen and oxygen atoms in total. The van der Waals surface area contributed by atoms with Crippen molar-refractivity contribution in [1.82, 2.24) is 4.90 Å². The highest BCUT2D eigenvalue weighted by atomic mass is 32.1. The Labute approximate surface area is 111 Å². The number of aryl methyl sites for hydroxylation is 1. The molecule has 0 aliphatic heterocycles. The molecule has 0 spiro atoms. The Kier molecular flexibility index (Phi) is 4.05. The van der Waals surface area contributed by atoms with Gasteiger partial charge < -0.3 is 10.0 Å². The molecule has 1 aliphatic rings. The van der Waals surface area contributed by atoms with E-state index in [1.165, 1.54) is 24.2 Å². The summed E-state index contributed by atoms with van der Waals surface area (Å²) < 4.78 is 0. The second kappa shape index (κ2) is 5.55. The quantitative estimate of drug-likeness (QED) is 0.846. The predicted molar refractivity (Wildman–Crippen MR) is 72.7 cm³/mol. The van der Waals surface area contributed by atoms with Gasteiger partial charge in [-0.1, -0.05) is 11.8 Å². The molecule has 1 heterocycles. The molecule has 0 atom stereocenters. The van der Waals surface area contributed by atoms with Gasteiger partial charge in [-0.15, -0.1) is 11.3 Å². The highest BCUT2D eigenvalue weighted by Crippen LogP contribution is 2.30. The lowest BCUT2D eigenvalue weighted by atomic mass is 10.2. The van der Waals surface area contributed by atoms with Crippen molar-refractivity contribution in [3.63, 3.8) is 0 Å². The van der Waals surface area contributed by atoms with Crippen LogP contribution >= 0.6 is 11.3 Å².